The molecule has 34 heavy (non-hydrogen) atoms. The zero-order valence-corrected chi connectivity index (χ0v) is 21.3. The smallest absolute Gasteiger partial charge is 0.269 e. The third-order valence-corrected chi connectivity index (χ3v) is 6.66. The van der Waals surface area contributed by atoms with Gasteiger partial charge in [-0.25, -0.2) is 0 Å². The summed E-state index contributed by atoms with van der Waals surface area (Å²) in [7, 11) is 0. The van der Waals surface area contributed by atoms with Gasteiger partial charge in [0.15, 0.2) is 11.0 Å². The van der Waals surface area contributed by atoms with Gasteiger partial charge in [0, 0.05) is 29.5 Å². The van der Waals surface area contributed by atoms with Crippen LogP contribution in [0.1, 0.15) is 55.0 Å². The molecule has 1 heterocycles. The Morgan fingerprint density at radius 1 is 1.18 bits per heavy atom. The van der Waals surface area contributed by atoms with E-state index >= 15 is 0 Å². The van der Waals surface area contributed by atoms with Crippen LogP contribution in [-0.2, 0) is 12.3 Å². The minimum Gasteiger partial charge on any atom is -0.342 e. The van der Waals surface area contributed by atoms with Crippen LogP contribution < -0.4 is 5.32 Å². The first-order chi connectivity index (χ1) is 16.2. The lowest BCUT2D eigenvalue weighted by atomic mass is 10.0. The van der Waals surface area contributed by atoms with Crippen molar-refractivity contribution in [1.29, 1.82) is 0 Å². The van der Waals surface area contributed by atoms with Crippen molar-refractivity contribution in [3.63, 3.8) is 0 Å². The van der Waals surface area contributed by atoms with Gasteiger partial charge in [0.05, 0.1) is 21.6 Å². The number of rotatable bonds is 10. The van der Waals surface area contributed by atoms with E-state index in [1.165, 1.54) is 30.0 Å². The molecule has 2 aromatic carbocycles. The van der Waals surface area contributed by atoms with Crippen molar-refractivity contribution >= 4 is 46.6 Å². The van der Waals surface area contributed by atoms with Crippen LogP contribution in [0.25, 0.3) is 0 Å². The van der Waals surface area contributed by atoms with Crippen LogP contribution in [-0.4, -0.2) is 25.6 Å². The fraction of sp³-hybridized carbons (Fsp3) is 0.348. The first-order valence-electron chi connectivity index (χ1n) is 10.7. The molecule has 3 rings (SSSR count). The molecule has 0 bridgehead atoms. The van der Waals surface area contributed by atoms with Crippen molar-refractivity contribution < 1.29 is 9.72 Å². The second kappa shape index (κ2) is 11.7. The molecule has 0 saturated heterocycles. The maximum atomic E-state index is 13.0. The number of hydrogen-bond acceptors (Lipinski definition) is 6. The predicted molar refractivity (Wildman–Crippen MR) is 134 cm³/mol. The van der Waals surface area contributed by atoms with Gasteiger partial charge in [-0.15, -0.1) is 10.2 Å². The van der Waals surface area contributed by atoms with E-state index in [-0.39, 0.29) is 22.7 Å². The van der Waals surface area contributed by atoms with Gasteiger partial charge >= 0.3 is 0 Å². The summed E-state index contributed by atoms with van der Waals surface area (Å²) in [5.41, 5.74) is 1.34. The van der Waals surface area contributed by atoms with Crippen LogP contribution in [0.2, 0.25) is 10.0 Å². The summed E-state index contributed by atoms with van der Waals surface area (Å²) in [6, 6.07) is 10.8. The van der Waals surface area contributed by atoms with Crippen LogP contribution in [0, 0.1) is 16.0 Å². The Morgan fingerprint density at radius 2 is 1.88 bits per heavy atom. The summed E-state index contributed by atoms with van der Waals surface area (Å²) in [6.07, 6.45) is 0.669. The van der Waals surface area contributed by atoms with Gasteiger partial charge in [0.25, 0.3) is 11.6 Å². The number of thioether (sulfide) groups is 1. The standard InChI is InChI=1S/C23H25Cl2N5O3S/c1-4-29-21(27-28-23(29)34-13-15-5-8-17(9-6-15)30(32)33)20(11-14(2)3)26-22(31)18-10-7-16(24)12-19(18)25/h5-10,12,14,20H,4,11,13H2,1-3H3,(H,26,31)/t20-/m0/s1. The second-order valence-corrected chi connectivity index (χ2v) is 9.86. The Hall–Kier alpha value is -2.62. The highest BCUT2D eigenvalue weighted by atomic mass is 35.5. The summed E-state index contributed by atoms with van der Waals surface area (Å²) >= 11 is 13.7. The summed E-state index contributed by atoms with van der Waals surface area (Å²) in [5, 5.41) is 24.1. The fourth-order valence-electron chi connectivity index (χ4n) is 3.43. The molecular weight excluding hydrogens is 497 g/mol. The average molecular weight is 522 g/mol. The molecule has 11 heteroatoms. The van der Waals surface area contributed by atoms with Gasteiger partial charge < -0.3 is 9.88 Å². The van der Waals surface area contributed by atoms with Crippen molar-refractivity contribution in [1.82, 2.24) is 20.1 Å². The molecule has 3 aromatic rings. The number of carbonyl (C=O) groups is 1. The van der Waals surface area contributed by atoms with Gasteiger partial charge in [-0.1, -0.05) is 60.9 Å². The van der Waals surface area contributed by atoms with E-state index in [1.54, 1.807) is 24.3 Å². The van der Waals surface area contributed by atoms with Crippen LogP contribution in [0.15, 0.2) is 47.6 Å². The van der Waals surface area contributed by atoms with E-state index in [2.05, 4.69) is 29.4 Å². The minimum absolute atomic E-state index is 0.0563. The Kier molecular flexibility index (Phi) is 8.93. The maximum absolute atomic E-state index is 13.0. The molecule has 1 aromatic heterocycles. The van der Waals surface area contributed by atoms with Gasteiger partial charge in [0.2, 0.25) is 0 Å². The Morgan fingerprint density at radius 3 is 2.47 bits per heavy atom. The van der Waals surface area contributed by atoms with E-state index in [0.29, 0.717) is 46.2 Å². The highest BCUT2D eigenvalue weighted by Gasteiger charge is 2.25. The van der Waals surface area contributed by atoms with Gasteiger partial charge in [0.1, 0.15) is 0 Å². The van der Waals surface area contributed by atoms with E-state index in [9.17, 15) is 14.9 Å². The third kappa shape index (κ3) is 6.49. The molecular formula is C23H25Cl2N5O3S. The van der Waals surface area contributed by atoms with Gasteiger partial charge in [-0.2, -0.15) is 0 Å². The molecule has 0 radical (unpaired) electrons. The number of aromatic nitrogens is 3. The highest BCUT2D eigenvalue weighted by Crippen LogP contribution is 2.28. The van der Waals surface area contributed by atoms with Gasteiger partial charge in [-0.05, 0) is 43.0 Å². The molecule has 0 spiro atoms. The molecule has 0 aliphatic carbocycles. The second-order valence-electron chi connectivity index (χ2n) is 8.08. The molecule has 8 nitrogen and oxygen atoms in total. The lowest BCUT2D eigenvalue weighted by Crippen LogP contribution is -2.31. The lowest BCUT2D eigenvalue weighted by Gasteiger charge is -2.21. The van der Waals surface area contributed by atoms with E-state index in [4.69, 9.17) is 23.2 Å². The van der Waals surface area contributed by atoms with E-state index in [0.717, 1.165) is 5.56 Å². The number of nitro benzene ring substituents is 1. The molecule has 1 amide bonds. The molecule has 1 atom stereocenters. The monoisotopic (exact) mass is 521 g/mol. The molecule has 1 N–H and O–H groups in total. The highest BCUT2D eigenvalue weighted by molar-refractivity contribution is 7.98. The van der Waals surface area contributed by atoms with Crippen molar-refractivity contribution in [2.24, 2.45) is 5.92 Å². The zero-order valence-electron chi connectivity index (χ0n) is 19.0. The summed E-state index contributed by atoms with van der Waals surface area (Å²) in [4.78, 5) is 23.4. The number of non-ortho nitro benzene ring substituents is 1. The van der Waals surface area contributed by atoms with E-state index in [1.807, 2.05) is 11.5 Å². The minimum atomic E-state index is -0.419. The SMILES string of the molecule is CCn1c(SCc2ccc([N+](=O)[O-])cc2)nnc1[C@H](CC(C)C)NC(=O)c1ccc(Cl)cc1Cl. The number of carbonyl (C=O) groups excluding carboxylic acids is 1. The number of amides is 1. The quantitative estimate of drug-likeness (QED) is 0.190. The zero-order chi connectivity index (χ0) is 24.8. The average Bonchev–Trinajstić information content (AvgIpc) is 3.20. The lowest BCUT2D eigenvalue weighted by molar-refractivity contribution is -0.384. The first-order valence-corrected chi connectivity index (χ1v) is 12.5. The summed E-state index contributed by atoms with van der Waals surface area (Å²) < 4.78 is 1.98. The largest absolute Gasteiger partial charge is 0.342 e. The van der Waals surface area contributed by atoms with Crippen molar-refractivity contribution in [3.05, 3.63) is 79.6 Å². The summed E-state index contributed by atoms with van der Waals surface area (Å²) in [5.74, 6) is 1.24. The normalized spacial score (nSPS) is 12.1. The summed E-state index contributed by atoms with van der Waals surface area (Å²) in [6.45, 7) is 6.76. The molecule has 0 aliphatic heterocycles. The van der Waals surface area contributed by atoms with Crippen LogP contribution in [0.4, 0.5) is 5.69 Å². The number of nitro groups is 1. The number of benzene rings is 2. The van der Waals surface area contributed by atoms with Crippen molar-refractivity contribution in [3.8, 4) is 0 Å². The number of nitrogens with zero attached hydrogens (tertiary/aromatic N) is 4. The molecule has 0 saturated carbocycles. The molecule has 0 unspecified atom stereocenters. The molecule has 0 aliphatic rings. The molecule has 180 valence electrons. The topological polar surface area (TPSA) is 103 Å². The fourth-order valence-corrected chi connectivity index (χ4v) is 4.89. The van der Waals surface area contributed by atoms with E-state index < -0.39 is 4.92 Å². The third-order valence-electron chi connectivity index (χ3n) is 5.08. The van der Waals surface area contributed by atoms with Gasteiger partial charge in [-0.3, -0.25) is 14.9 Å². The van der Waals surface area contributed by atoms with Crippen molar-refractivity contribution in [2.45, 2.75) is 50.7 Å². The maximum Gasteiger partial charge on any atom is 0.269 e. The van der Waals surface area contributed by atoms with Crippen LogP contribution >= 0.6 is 35.0 Å². The number of halogens is 2. The predicted octanol–water partition coefficient (Wildman–Crippen LogP) is 6.32. The van der Waals surface area contributed by atoms with Crippen LogP contribution in [0.3, 0.4) is 0 Å². The number of hydrogen-bond donors (Lipinski definition) is 1. The number of nitrogens with one attached hydrogen (secondary N) is 1. The first kappa shape index (κ1) is 26.0. The Bertz CT molecular complexity index is 1170. The van der Waals surface area contributed by atoms with Crippen LogP contribution in [0.5, 0.6) is 0 Å². The molecule has 0 fully saturated rings. The Balaban J connectivity index is 1.80. The Labute approximate surface area is 212 Å². The van der Waals surface area contributed by atoms with Crippen molar-refractivity contribution in [2.75, 3.05) is 0 Å².